The van der Waals surface area contributed by atoms with Crippen LogP contribution < -0.4 is 10.0 Å². The highest BCUT2D eigenvalue weighted by atomic mass is 35.5. The average molecular weight is 293 g/mol. The zero-order chi connectivity index (χ0) is 13.2. The van der Waals surface area contributed by atoms with Crippen LogP contribution in [0.25, 0.3) is 0 Å². The summed E-state index contributed by atoms with van der Waals surface area (Å²) in [6.45, 7) is 1.50. The summed E-state index contributed by atoms with van der Waals surface area (Å²) in [5, 5.41) is 3.03. The Kier molecular flexibility index (Phi) is 4.21. The van der Waals surface area contributed by atoms with E-state index in [0.717, 1.165) is 19.2 Å². The normalized spacial score (nSPS) is 17.9. The number of benzene rings is 1. The highest BCUT2D eigenvalue weighted by Crippen LogP contribution is 2.24. The summed E-state index contributed by atoms with van der Waals surface area (Å²) in [5.41, 5.74) is 0. The van der Waals surface area contributed by atoms with Gasteiger partial charge in [0.1, 0.15) is 10.7 Å². The highest BCUT2D eigenvalue weighted by Gasteiger charge is 2.26. The number of piperidine rings is 1. The molecule has 1 saturated heterocycles. The van der Waals surface area contributed by atoms with Gasteiger partial charge in [-0.05, 0) is 38.1 Å². The van der Waals surface area contributed by atoms with Crippen LogP contribution in [0.3, 0.4) is 0 Å². The number of rotatable bonds is 3. The molecule has 0 unspecified atom stereocenters. The molecule has 0 saturated carbocycles. The molecule has 0 amide bonds. The Morgan fingerprint density at radius 2 is 2.00 bits per heavy atom. The summed E-state index contributed by atoms with van der Waals surface area (Å²) in [5.74, 6) is -0.830. The first kappa shape index (κ1) is 13.7. The summed E-state index contributed by atoms with van der Waals surface area (Å²) in [6.07, 6.45) is 1.37. The molecule has 2 rings (SSSR count). The molecule has 2 N–H and O–H groups in total. The Morgan fingerprint density at radius 1 is 1.33 bits per heavy atom. The molecule has 0 aromatic heterocycles. The third kappa shape index (κ3) is 3.00. The maximum Gasteiger partial charge on any atom is 0.245 e. The van der Waals surface area contributed by atoms with Crippen LogP contribution in [0, 0.1) is 5.82 Å². The van der Waals surface area contributed by atoms with Crippen LogP contribution in [0.15, 0.2) is 23.1 Å². The molecular weight excluding hydrogens is 279 g/mol. The molecule has 0 bridgehead atoms. The molecule has 0 aliphatic carbocycles. The fraction of sp³-hybridized carbons (Fsp3) is 0.455. The van der Waals surface area contributed by atoms with Gasteiger partial charge in [-0.15, -0.1) is 0 Å². The largest absolute Gasteiger partial charge is 0.317 e. The lowest BCUT2D eigenvalue weighted by Crippen LogP contribution is -2.42. The van der Waals surface area contributed by atoms with Gasteiger partial charge in [-0.2, -0.15) is 0 Å². The zero-order valence-electron chi connectivity index (χ0n) is 9.62. The van der Waals surface area contributed by atoms with Crippen molar-refractivity contribution >= 4 is 21.6 Å². The molecule has 1 fully saturated rings. The smallest absolute Gasteiger partial charge is 0.245 e. The zero-order valence-corrected chi connectivity index (χ0v) is 11.2. The van der Waals surface area contributed by atoms with E-state index in [4.69, 9.17) is 11.6 Å². The predicted molar refractivity (Wildman–Crippen MR) is 67.6 cm³/mol. The van der Waals surface area contributed by atoms with Gasteiger partial charge in [0.25, 0.3) is 0 Å². The van der Waals surface area contributed by atoms with Gasteiger partial charge in [0.05, 0.1) is 5.02 Å². The second-order valence-corrected chi connectivity index (χ2v) is 6.25. The van der Waals surface area contributed by atoms with Crippen LogP contribution in [0.1, 0.15) is 12.8 Å². The highest BCUT2D eigenvalue weighted by molar-refractivity contribution is 7.89. The maximum absolute atomic E-state index is 13.6. The van der Waals surface area contributed by atoms with E-state index in [1.54, 1.807) is 0 Å². The molecule has 18 heavy (non-hydrogen) atoms. The summed E-state index contributed by atoms with van der Waals surface area (Å²) in [6, 6.07) is 3.65. The third-order valence-electron chi connectivity index (χ3n) is 2.85. The minimum atomic E-state index is -3.91. The fourth-order valence-electron chi connectivity index (χ4n) is 1.96. The Bertz CT molecular complexity index is 510. The van der Waals surface area contributed by atoms with Gasteiger partial charge in [0.15, 0.2) is 0 Å². The van der Waals surface area contributed by atoms with Crippen LogP contribution >= 0.6 is 11.6 Å². The molecular formula is C11H14ClFN2O2S. The van der Waals surface area contributed by atoms with E-state index in [-0.39, 0.29) is 11.1 Å². The maximum atomic E-state index is 13.6. The van der Waals surface area contributed by atoms with Crippen molar-refractivity contribution in [3.8, 4) is 0 Å². The predicted octanol–water partition coefficient (Wildman–Crippen LogP) is 1.51. The Morgan fingerprint density at radius 3 is 2.61 bits per heavy atom. The second kappa shape index (κ2) is 5.52. The number of sulfonamides is 1. The van der Waals surface area contributed by atoms with Gasteiger partial charge in [-0.25, -0.2) is 17.5 Å². The minimum Gasteiger partial charge on any atom is -0.317 e. The van der Waals surface area contributed by atoms with Crippen LogP contribution in [-0.2, 0) is 10.0 Å². The van der Waals surface area contributed by atoms with Gasteiger partial charge in [-0.3, -0.25) is 0 Å². The van der Waals surface area contributed by atoms with Crippen LogP contribution in [0.5, 0.6) is 0 Å². The van der Waals surface area contributed by atoms with E-state index in [1.807, 2.05) is 0 Å². The minimum absolute atomic E-state index is 0.101. The average Bonchev–Trinajstić information content (AvgIpc) is 2.28. The molecule has 1 aliphatic heterocycles. The first-order valence-electron chi connectivity index (χ1n) is 5.68. The van der Waals surface area contributed by atoms with Crippen LogP contribution in [-0.4, -0.2) is 27.5 Å². The number of nitrogens with one attached hydrogen (secondary N) is 2. The quantitative estimate of drug-likeness (QED) is 0.888. The molecule has 1 aromatic carbocycles. The molecule has 100 valence electrons. The molecule has 0 atom stereocenters. The summed E-state index contributed by atoms with van der Waals surface area (Å²) in [4.78, 5) is -0.467. The van der Waals surface area contributed by atoms with Gasteiger partial charge < -0.3 is 5.32 Å². The number of halogens is 2. The number of hydrogen-bond acceptors (Lipinski definition) is 3. The number of hydrogen-bond donors (Lipinski definition) is 2. The molecule has 1 heterocycles. The molecule has 1 aromatic rings. The van der Waals surface area contributed by atoms with E-state index in [0.29, 0.717) is 12.8 Å². The van der Waals surface area contributed by atoms with Crippen molar-refractivity contribution in [2.24, 2.45) is 0 Å². The van der Waals surface area contributed by atoms with Crippen LogP contribution in [0.4, 0.5) is 4.39 Å². The molecule has 7 heteroatoms. The Hall–Kier alpha value is -0.690. The first-order chi connectivity index (χ1) is 8.50. The van der Waals surface area contributed by atoms with Crippen molar-refractivity contribution in [1.29, 1.82) is 0 Å². The first-order valence-corrected chi connectivity index (χ1v) is 7.54. The lowest BCUT2D eigenvalue weighted by Gasteiger charge is -2.23. The van der Waals surface area contributed by atoms with Crippen molar-refractivity contribution in [3.05, 3.63) is 29.0 Å². The lowest BCUT2D eigenvalue weighted by atomic mass is 10.1. The van der Waals surface area contributed by atoms with E-state index in [9.17, 15) is 12.8 Å². The van der Waals surface area contributed by atoms with E-state index in [2.05, 4.69) is 10.0 Å². The second-order valence-electron chi connectivity index (χ2n) is 4.20. The Labute approximate surface area is 111 Å². The molecule has 4 nitrogen and oxygen atoms in total. The topological polar surface area (TPSA) is 58.2 Å². The molecule has 0 spiro atoms. The van der Waals surface area contributed by atoms with Crippen molar-refractivity contribution in [3.63, 3.8) is 0 Å². The summed E-state index contributed by atoms with van der Waals surface area (Å²) < 4.78 is 40.3. The van der Waals surface area contributed by atoms with Crippen LogP contribution in [0.2, 0.25) is 5.02 Å². The monoisotopic (exact) mass is 292 g/mol. The summed E-state index contributed by atoms with van der Waals surface area (Å²) >= 11 is 5.76. The third-order valence-corrected chi connectivity index (χ3v) is 4.87. The molecule has 0 radical (unpaired) electrons. The van der Waals surface area contributed by atoms with E-state index in [1.165, 1.54) is 12.1 Å². The molecule has 1 aliphatic rings. The van der Waals surface area contributed by atoms with Crippen molar-refractivity contribution in [2.75, 3.05) is 13.1 Å². The van der Waals surface area contributed by atoms with E-state index < -0.39 is 20.7 Å². The van der Waals surface area contributed by atoms with Crippen molar-refractivity contribution in [2.45, 2.75) is 23.8 Å². The lowest BCUT2D eigenvalue weighted by molar-refractivity contribution is 0.426. The Balaban J connectivity index is 2.25. The van der Waals surface area contributed by atoms with Gasteiger partial charge in [0, 0.05) is 6.04 Å². The van der Waals surface area contributed by atoms with Gasteiger partial charge in [0.2, 0.25) is 10.0 Å². The SMILES string of the molecule is O=S(=O)(NC1CCNCC1)c1c(F)cccc1Cl. The van der Waals surface area contributed by atoms with Crippen molar-refractivity contribution < 1.29 is 12.8 Å². The van der Waals surface area contributed by atoms with Gasteiger partial charge in [-0.1, -0.05) is 17.7 Å². The van der Waals surface area contributed by atoms with Gasteiger partial charge >= 0.3 is 0 Å². The van der Waals surface area contributed by atoms with E-state index >= 15 is 0 Å². The fourth-order valence-corrected chi connectivity index (χ4v) is 3.87. The summed E-state index contributed by atoms with van der Waals surface area (Å²) in [7, 11) is -3.91. The standard InChI is InChI=1S/C11H14ClFN2O2S/c12-9-2-1-3-10(13)11(9)18(16,17)15-8-4-6-14-7-5-8/h1-3,8,14-15H,4-7H2. The van der Waals surface area contributed by atoms with Crippen molar-refractivity contribution in [1.82, 2.24) is 10.0 Å².